The van der Waals surface area contributed by atoms with Gasteiger partial charge in [0.1, 0.15) is 7.05 Å². The quantitative estimate of drug-likeness (QED) is 0.497. The van der Waals surface area contributed by atoms with Crippen molar-refractivity contribution in [1.29, 1.82) is 0 Å². The number of rotatable bonds is 1. The second kappa shape index (κ2) is 6.00. The molecule has 0 aliphatic rings. The average Bonchev–Trinajstić information content (AvgIpc) is 2.16. The highest BCUT2D eigenvalue weighted by atomic mass is 16.3. The molecule has 0 bridgehead atoms. The van der Waals surface area contributed by atoms with Crippen LogP contribution in [0, 0.1) is 0 Å². The van der Waals surface area contributed by atoms with E-state index in [0.717, 1.165) is 11.8 Å². The standard InChI is InChI=1S/C11H16NO.CH2O2/c1-11(2,3)10-6-5-9(8-13)7-12(10)4;2-1-3/h5-8H,1-4H3;1H,(H,2,3)/q+1;/p-1. The molecule has 0 amide bonds. The monoisotopic (exact) mass is 223 g/mol. The molecule has 0 saturated heterocycles. The molecule has 0 aliphatic carbocycles. The van der Waals surface area contributed by atoms with Gasteiger partial charge >= 0.3 is 0 Å². The molecule has 0 spiro atoms. The lowest BCUT2D eigenvalue weighted by molar-refractivity contribution is -0.682. The van der Waals surface area contributed by atoms with Gasteiger partial charge in [-0.05, 0) is 6.07 Å². The Kier molecular flexibility index (Phi) is 5.36. The zero-order valence-electron chi connectivity index (χ0n) is 10.1. The van der Waals surface area contributed by atoms with Crippen LogP contribution in [-0.2, 0) is 17.3 Å². The van der Waals surface area contributed by atoms with Crippen molar-refractivity contribution in [2.75, 3.05) is 0 Å². The summed E-state index contributed by atoms with van der Waals surface area (Å²) in [5, 5.41) is 8.25. The van der Waals surface area contributed by atoms with Crippen LogP contribution in [0.5, 0.6) is 0 Å². The van der Waals surface area contributed by atoms with Gasteiger partial charge in [-0.25, -0.2) is 4.57 Å². The number of pyridine rings is 1. The Morgan fingerprint density at radius 3 is 2.06 bits per heavy atom. The van der Waals surface area contributed by atoms with Crippen LogP contribution in [0.15, 0.2) is 18.3 Å². The van der Waals surface area contributed by atoms with E-state index in [1.165, 1.54) is 5.69 Å². The first-order valence-electron chi connectivity index (χ1n) is 4.87. The average molecular weight is 223 g/mol. The summed E-state index contributed by atoms with van der Waals surface area (Å²) in [6, 6.07) is 3.86. The minimum absolute atomic E-state index is 0.121. The molecule has 16 heavy (non-hydrogen) atoms. The summed E-state index contributed by atoms with van der Waals surface area (Å²) >= 11 is 0. The fourth-order valence-electron chi connectivity index (χ4n) is 1.48. The molecule has 0 fully saturated rings. The van der Waals surface area contributed by atoms with Gasteiger partial charge in [-0.3, -0.25) is 4.79 Å². The first-order valence-corrected chi connectivity index (χ1v) is 4.87. The highest BCUT2D eigenvalue weighted by Crippen LogP contribution is 2.17. The van der Waals surface area contributed by atoms with Crippen molar-refractivity contribution in [1.82, 2.24) is 0 Å². The Hall–Kier alpha value is -1.71. The Balaban J connectivity index is 0.000000673. The summed E-state index contributed by atoms with van der Waals surface area (Å²) in [6.45, 7) is 5.97. The van der Waals surface area contributed by atoms with E-state index >= 15 is 0 Å². The Morgan fingerprint density at radius 1 is 1.25 bits per heavy atom. The summed E-state index contributed by atoms with van der Waals surface area (Å²) < 4.78 is 2.00. The van der Waals surface area contributed by atoms with Crippen LogP contribution in [-0.4, -0.2) is 12.8 Å². The maximum Gasteiger partial charge on any atom is 0.186 e. The third-order valence-corrected chi connectivity index (χ3v) is 2.06. The molecule has 1 aromatic heterocycles. The zero-order chi connectivity index (χ0) is 12.8. The van der Waals surface area contributed by atoms with Crippen molar-refractivity contribution < 1.29 is 19.3 Å². The molecule has 0 atom stereocenters. The summed E-state index contributed by atoms with van der Waals surface area (Å²) in [5.41, 5.74) is 2.06. The Morgan fingerprint density at radius 2 is 1.75 bits per heavy atom. The topological polar surface area (TPSA) is 61.1 Å². The molecule has 88 valence electrons. The molecule has 0 aliphatic heterocycles. The van der Waals surface area contributed by atoms with Gasteiger partial charge in [-0.1, -0.05) is 20.8 Å². The smallest absolute Gasteiger partial charge is 0.186 e. The van der Waals surface area contributed by atoms with E-state index in [9.17, 15) is 4.79 Å². The first kappa shape index (κ1) is 14.3. The van der Waals surface area contributed by atoms with E-state index in [-0.39, 0.29) is 5.41 Å². The van der Waals surface area contributed by atoms with Crippen LogP contribution in [0.25, 0.3) is 0 Å². The van der Waals surface area contributed by atoms with Crippen LogP contribution < -0.4 is 9.67 Å². The fraction of sp³-hybridized carbons (Fsp3) is 0.417. The molecule has 0 N–H and O–H groups in total. The molecule has 0 unspecified atom stereocenters. The van der Waals surface area contributed by atoms with Gasteiger partial charge < -0.3 is 9.90 Å². The maximum atomic E-state index is 10.5. The van der Waals surface area contributed by atoms with Crippen molar-refractivity contribution >= 4 is 12.8 Å². The van der Waals surface area contributed by atoms with Gasteiger partial charge in [-0.2, -0.15) is 0 Å². The summed E-state index contributed by atoms with van der Waals surface area (Å²) in [4.78, 5) is 18.8. The lowest BCUT2D eigenvalue weighted by Gasteiger charge is -2.14. The third kappa shape index (κ3) is 4.21. The van der Waals surface area contributed by atoms with E-state index in [2.05, 4.69) is 20.8 Å². The molecule has 4 nitrogen and oxygen atoms in total. The van der Waals surface area contributed by atoms with Crippen LogP contribution in [0.4, 0.5) is 0 Å². The molecular formula is C12H17NO3. The van der Waals surface area contributed by atoms with Crippen LogP contribution >= 0.6 is 0 Å². The number of carbonyl (C=O) groups excluding carboxylic acids is 2. The van der Waals surface area contributed by atoms with Crippen molar-refractivity contribution in [2.24, 2.45) is 7.05 Å². The third-order valence-electron chi connectivity index (χ3n) is 2.06. The lowest BCUT2D eigenvalue weighted by atomic mass is 9.91. The molecule has 1 heterocycles. The van der Waals surface area contributed by atoms with E-state index in [1.807, 2.05) is 29.9 Å². The molecule has 1 aromatic rings. The maximum absolute atomic E-state index is 10.5. The van der Waals surface area contributed by atoms with Gasteiger partial charge in [0.15, 0.2) is 18.2 Å². The SMILES string of the molecule is C[n+]1cc(C=O)ccc1C(C)(C)C.O=C[O-]. The number of aromatic nitrogens is 1. The zero-order valence-corrected chi connectivity index (χ0v) is 10.1. The predicted octanol–water partition coefficient (Wildman–Crippen LogP) is -0.0128. The molecule has 0 saturated carbocycles. The largest absolute Gasteiger partial charge is 0.554 e. The van der Waals surface area contributed by atoms with Gasteiger partial charge in [0, 0.05) is 18.0 Å². The number of aryl methyl sites for hydroxylation is 1. The second-order valence-corrected chi connectivity index (χ2v) is 4.42. The van der Waals surface area contributed by atoms with E-state index in [0.29, 0.717) is 0 Å². The van der Waals surface area contributed by atoms with Crippen LogP contribution in [0.2, 0.25) is 0 Å². The molecular weight excluding hydrogens is 206 g/mol. The Bertz CT molecular complexity index is 367. The predicted molar refractivity (Wildman–Crippen MR) is 57.8 cm³/mol. The van der Waals surface area contributed by atoms with E-state index in [1.54, 1.807) is 0 Å². The number of hydrogen-bond donors (Lipinski definition) is 0. The molecule has 0 radical (unpaired) electrons. The summed E-state index contributed by atoms with van der Waals surface area (Å²) in [7, 11) is 1.97. The number of aldehydes is 1. The molecule has 0 aromatic carbocycles. The second-order valence-electron chi connectivity index (χ2n) is 4.42. The van der Waals surface area contributed by atoms with E-state index in [4.69, 9.17) is 9.90 Å². The summed E-state index contributed by atoms with van der Waals surface area (Å²) in [5.74, 6) is 0. The lowest BCUT2D eigenvalue weighted by Crippen LogP contribution is -2.39. The van der Waals surface area contributed by atoms with Crippen molar-refractivity contribution in [3.63, 3.8) is 0 Å². The van der Waals surface area contributed by atoms with Crippen molar-refractivity contribution in [3.8, 4) is 0 Å². The van der Waals surface area contributed by atoms with E-state index < -0.39 is 6.47 Å². The molecule has 4 heteroatoms. The Labute approximate surface area is 95.5 Å². The first-order chi connectivity index (χ1) is 7.36. The fourth-order valence-corrected chi connectivity index (χ4v) is 1.48. The minimum Gasteiger partial charge on any atom is -0.554 e. The molecule has 1 rings (SSSR count). The van der Waals surface area contributed by atoms with Crippen LogP contribution in [0.3, 0.4) is 0 Å². The minimum atomic E-state index is -0.500. The highest BCUT2D eigenvalue weighted by molar-refractivity contribution is 5.73. The van der Waals surface area contributed by atoms with Crippen LogP contribution in [0.1, 0.15) is 36.8 Å². The number of hydrogen-bond acceptors (Lipinski definition) is 3. The number of carboxylic acid groups (broad SMARTS) is 1. The van der Waals surface area contributed by atoms with Crippen molar-refractivity contribution in [3.05, 3.63) is 29.6 Å². The van der Waals surface area contributed by atoms with Gasteiger partial charge in [0.05, 0.1) is 5.56 Å². The van der Waals surface area contributed by atoms with Gasteiger partial charge in [0.25, 0.3) is 0 Å². The van der Waals surface area contributed by atoms with Gasteiger partial charge in [0.2, 0.25) is 0 Å². The normalized spacial score (nSPS) is 10.0. The highest BCUT2D eigenvalue weighted by Gasteiger charge is 2.23. The number of nitrogens with zero attached hydrogens (tertiary/aromatic N) is 1. The number of carbonyl (C=O) groups is 2. The summed E-state index contributed by atoms with van der Waals surface area (Å²) in [6.07, 6.45) is 2.72. The van der Waals surface area contributed by atoms with Gasteiger partial charge in [-0.15, -0.1) is 0 Å². The van der Waals surface area contributed by atoms with Crippen molar-refractivity contribution in [2.45, 2.75) is 26.2 Å².